The monoisotopic (exact) mass is 463 g/mol. The molecule has 0 fully saturated rings. The fourth-order valence-corrected chi connectivity index (χ4v) is 5.01. The molecule has 0 radical (unpaired) electrons. The number of carbonyl (C=O) groups is 2. The second-order valence-electron chi connectivity index (χ2n) is 8.51. The van der Waals surface area contributed by atoms with E-state index >= 15 is 0 Å². The minimum absolute atomic E-state index is 0.00740. The zero-order valence-corrected chi connectivity index (χ0v) is 20.1. The van der Waals surface area contributed by atoms with E-state index in [9.17, 15) is 9.59 Å². The first-order valence-corrected chi connectivity index (χ1v) is 11.2. The number of carbonyl (C=O) groups excluding carboxylic acids is 2. The van der Waals surface area contributed by atoms with Gasteiger partial charge in [-0.3, -0.25) is 14.6 Å². The minimum atomic E-state index is -0.691. The number of aliphatic imine (C=N–C) groups is 1. The first-order valence-electron chi connectivity index (χ1n) is 11.2. The zero-order valence-electron chi connectivity index (χ0n) is 20.1. The molecule has 1 aliphatic carbocycles. The van der Waals surface area contributed by atoms with Crippen molar-refractivity contribution in [1.29, 1.82) is 0 Å². The highest BCUT2D eigenvalue weighted by Crippen LogP contribution is 2.48. The van der Waals surface area contributed by atoms with Crippen LogP contribution in [0.3, 0.4) is 0 Å². The fraction of sp³-hybridized carbons (Fsp3) is 0.370. The predicted molar refractivity (Wildman–Crippen MR) is 128 cm³/mol. The topological polar surface area (TPSA) is 83.4 Å². The van der Waals surface area contributed by atoms with E-state index in [1.54, 1.807) is 27.4 Å². The number of methoxy groups -OCH3 is 4. The maximum absolute atomic E-state index is 13.6. The van der Waals surface area contributed by atoms with Gasteiger partial charge >= 0.3 is 5.97 Å². The Hall–Kier alpha value is -3.61. The average Bonchev–Trinajstić information content (AvgIpc) is 2.86. The number of hydrogen-bond acceptors (Lipinski definition) is 7. The summed E-state index contributed by atoms with van der Waals surface area (Å²) in [6, 6.07) is 13.3. The van der Waals surface area contributed by atoms with Crippen molar-refractivity contribution in [2.24, 2.45) is 10.9 Å². The molecule has 4 rings (SSSR count). The van der Waals surface area contributed by atoms with E-state index in [0.29, 0.717) is 35.6 Å². The normalized spacial score (nSPS) is 22.0. The van der Waals surface area contributed by atoms with Gasteiger partial charge in [0.05, 0.1) is 28.4 Å². The number of hydrogen-bond donors (Lipinski definition) is 0. The number of Topliss-reactive ketones (excluding diaryl/α,β-unsaturated/α-hetero) is 1. The maximum Gasteiger partial charge on any atom is 0.315 e. The van der Waals surface area contributed by atoms with Crippen LogP contribution < -0.4 is 14.2 Å². The summed E-state index contributed by atoms with van der Waals surface area (Å²) in [5.74, 6) is 0.259. The summed E-state index contributed by atoms with van der Waals surface area (Å²) in [7, 11) is 6.11. The molecule has 34 heavy (non-hydrogen) atoms. The number of nitrogens with zero attached hydrogens (tertiary/aromatic N) is 1. The van der Waals surface area contributed by atoms with Crippen molar-refractivity contribution in [2.45, 2.75) is 31.6 Å². The van der Waals surface area contributed by atoms with E-state index in [1.165, 1.54) is 7.11 Å². The molecule has 7 heteroatoms. The molecule has 178 valence electrons. The van der Waals surface area contributed by atoms with Gasteiger partial charge < -0.3 is 18.9 Å². The van der Waals surface area contributed by atoms with Crippen molar-refractivity contribution in [2.75, 3.05) is 28.4 Å². The molecule has 1 aliphatic heterocycles. The van der Waals surface area contributed by atoms with Crippen LogP contribution in [0.4, 0.5) is 0 Å². The first-order chi connectivity index (χ1) is 16.4. The predicted octanol–water partition coefficient (Wildman–Crippen LogP) is 4.46. The first kappa shape index (κ1) is 23.5. The lowest BCUT2D eigenvalue weighted by Crippen LogP contribution is -2.37. The van der Waals surface area contributed by atoms with E-state index in [2.05, 4.69) is 0 Å². The average molecular weight is 464 g/mol. The summed E-state index contributed by atoms with van der Waals surface area (Å²) in [6.45, 7) is 1.82. The molecular formula is C27H29NO6. The Bertz CT molecular complexity index is 1160. The number of rotatable bonds is 6. The summed E-state index contributed by atoms with van der Waals surface area (Å²) in [5, 5.41) is 0. The van der Waals surface area contributed by atoms with Crippen molar-refractivity contribution in [3.8, 4) is 17.2 Å². The van der Waals surface area contributed by atoms with Crippen LogP contribution in [0, 0.1) is 5.92 Å². The molecule has 0 saturated carbocycles. The summed E-state index contributed by atoms with van der Waals surface area (Å²) in [5.41, 5.74) is 3.79. The molecule has 1 unspecified atom stereocenters. The van der Waals surface area contributed by atoms with Crippen LogP contribution in [0.15, 0.2) is 58.7 Å². The quantitative estimate of drug-likeness (QED) is 0.588. The van der Waals surface area contributed by atoms with Crippen molar-refractivity contribution < 1.29 is 28.5 Å². The number of ketones is 1. The molecule has 0 spiro atoms. The Morgan fingerprint density at radius 1 is 0.882 bits per heavy atom. The third-order valence-corrected chi connectivity index (χ3v) is 6.70. The molecule has 0 N–H and O–H groups in total. The lowest BCUT2D eigenvalue weighted by atomic mass is 9.69. The second kappa shape index (κ2) is 9.71. The molecule has 2 aliphatic rings. The number of esters is 1. The SMILES string of the molecule is COC(=O)C1C(C)=NC2=C(C(=O)C[C@H](c3ccc(OC)cc3)C2)[C@@H]1c1ccc(OC)c(OC)c1. The number of benzene rings is 2. The Balaban J connectivity index is 1.80. The van der Waals surface area contributed by atoms with Crippen LogP contribution in [0.1, 0.15) is 42.7 Å². The van der Waals surface area contributed by atoms with E-state index in [1.807, 2.05) is 43.3 Å². The van der Waals surface area contributed by atoms with Gasteiger partial charge in [-0.2, -0.15) is 0 Å². The number of ether oxygens (including phenoxy) is 4. The van der Waals surface area contributed by atoms with E-state index in [0.717, 1.165) is 22.6 Å². The van der Waals surface area contributed by atoms with Crippen LogP contribution >= 0.6 is 0 Å². The standard InChI is InChI=1S/C27H29NO6/c1-15-24(27(30)34-5)25(17-8-11-22(32-3)23(14-17)33-4)26-20(28-15)12-18(13-21(26)29)16-6-9-19(31-2)10-7-16/h6-11,14,18,24-25H,12-13H2,1-5H3/t18-,24?,25-/m1/s1. The van der Waals surface area contributed by atoms with E-state index < -0.39 is 17.8 Å². The highest BCUT2D eigenvalue weighted by Gasteiger charge is 2.44. The van der Waals surface area contributed by atoms with Gasteiger partial charge in [0.25, 0.3) is 0 Å². The van der Waals surface area contributed by atoms with Gasteiger partial charge in [0.2, 0.25) is 0 Å². The Morgan fingerprint density at radius 2 is 1.56 bits per heavy atom. The smallest absolute Gasteiger partial charge is 0.315 e. The maximum atomic E-state index is 13.6. The zero-order chi connectivity index (χ0) is 24.4. The van der Waals surface area contributed by atoms with Crippen molar-refractivity contribution in [1.82, 2.24) is 0 Å². The van der Waals surface area contributed by atoms with Crippen LogP contribution in [-0.2, 0) is 14.3 Å². The molecule has 3 atom stereocenters. The molecule has 2 aromatic rings. The summed E-state index contributed by atoms with van der Waals surface area (Å²) in [6.07, 6.45) is 0.958. The highest BCUT2D eigenvalue weighted by atomic mass is 16.5. The Kier molecular flexibility index (Phi) is 6.72. The lowest BCUT2D eigenvalue weighted by Gasteiger charge is -2.36. The van der Waals surface area contributed by atoms with Gasteiger partial charge in [-0.1, -0.05) is 18.2 Å². The van der Waals surface area contributed by atoms with Crippen LogP contribution in [0.2, 0.25) is 0 Å². The minimum Gasteiger partial charge on any atom is -0.497 e. The van der Waals surface area contributed by atoms with Gasteiger partial charge in [0, 0.05) is 29.3 Å². The molecule has 0 bridgehead atoms. The van der Waals surface area contributed by atoms with Crippen LogP contribution in [0.5, 0.6) is 17.2 Å². The second-order valence-corrected chi connectivity index (χ2v) is 8.51. The van der Waals surface area contributed by atoms with E-state index in [-0.39, 0.29) is 11.7 Å². The summed E-state index contributed by atoms with van der Waals surface area (Å²) >= 11 is 0. The molecule has 0 aromatic heterocycles. The Labute approximate surface area is 199 Å². The van der Waals surface area contributed by atoms with Crippen molar-refractivity contribution >= 4 is 17.5 Å². The third kappa shape index (κ3) is 4.18. The molecule has 1 heterocycles. The van der Waals surface area contributed by atoms with Crippen molar-refractivity contribution in [3.05, 3.63) is 64.9 Å². The van der Waals surface area contributed by atoms with Gasteiger partial charge in [0.1, 0.15) is 11.7 Å². The summed E-state index contributed by atoms with van der Waals surface area (Å²) in [4.78, 5) is 31.2. The molecule has 7 nitrogen and oxygen atoms in total. The van der Waals surface area contributed by atoms with Gasteiger partial charge in [0.15, 0.2) is 17.3 Å². The van der Waals surface area contributed by atoms with E-state index in [4.69, 9.17) is 23.9 Å². The van der Waals surface area contributed by atoms with Crippen molar-refractivity contribution in [3.63, 3.8) is 0 Å². The van der Waals surface area contributed by atoms with Crippen LogP contribution in [-0.4, -0.2) is 45.9 Å². The highest BCUT2D eigenvalue weighted by molar-refractivity contribution is 6.09. The van der Waals surface area contributed by atoms with Gasteiger partial charge in [-0.25, -0.2) is 0 Å². The molecular weight excluding hydrogens is 434 g/mol. The molecule has 0 amide bonds. The third-order valence-electron chi connectivity index (χ3n) is 6.70. The Morgan fingerprint density at radius 3 is 2.18 bits per heavy atom. The fourth-order valence-electron chi connectivity index (χ4n) is 5.01. The number of allylic oxidation sites excluding steroid dienone is 2. The van der Waals surface area contributed by atoms with Crippen LogP contribution in [0.25, 0.3) is 0 Å². The van der Waals surface area contributed by atoms with Gasteiger partial charge in [-0.15, -0.1) is 0 Å². The molecule has 0 saturated heterocycles. The van der Waals surface area contributed by atoms with Gasteiger partial charge in [-0.05, 0) is 54.7 Å². The largest absolute Gasteiger partial charge is 0.497 e. The summed E-state index contributed by atoms with van der Waals surface area (Å²) < 4.78 is 21.2. The lowest BCUT2D eigenvalue weighted by molar-refractivity contribution is -0.143. The molecule has 2 aromatic carbocycles.